The second-order valence-electron chi connectivity index (χ2n) is 6.76. The van der Waals surface area contributed by atoms with E-state index in [2.05, 4.69) is 74.9 Å². The summed E-state index contributed by atoms with van der Waals surface area (Å²) < 4.78 is 1.19. The fourth-order valence-corrected chi connectivity index (χ4v) is 2.90. The normalized spacial score (nSPS) is 12.0. The van der Waals surface area contributed by atoms with Gasteiger partial charge < -0.3 is 5.32 Å². The number of fused-ring (bicyclic) bond motifs is 1. The summed E-state index contributed by atoms with van der Waals surface area (Å²) in [6.45, 7) is 14.1. The molecular formula is C18H25BrN2. The van der Waals surface area contributed by atoms with Gasteiger partial charge in [-0.25, -0.2) is 4.98 Å². The predicted molar refractivity (Wildman–Crippen MR) is 96.4 cm³/mol. The third-order valence-corrected chi connectivity index (χ3v) is 5.06. The van der Waals surface area contributed by atoms with E-state index in [1.165, 1.54) is 26.5 Å². The fraction of sp³-hybridized carbons (Fsp3) is 0.500. The zero-order chi connectivity index (χ0) is 15.8. The Morgan fingerprint density at radius 1 is 1.19 bits per heavy atom. The van der Waals surface area contributed by atoms with Crippen LogP contribution in [0.15, 0.2) is 16.6 Å². The van der Waals surface area contributed by atoms with Gasteiger partial charge in [0.2, 0.25) is 0 Å². The zero-order valence-electron chi connectivity index (χ0n) is 13.9. The molecule has 2 rings (SSSR count). The number of hydrogen-bond acceptors (Lipinski definition) is 2. The number of nitrogens with zero attached hydrogens (tertiary/aromatic N) is 1. The lowest BCUT2D eigenvalue weighted by atomic mass is 9.86. The summed E-state index contributed by atoms with van der Waals surface area (Å²) in [5.41, 5.74) is 4.92. The number of benzene rings is 1. The lowest BCUT2D eigenvalue weighted by Crippen LogP contribution is -2.17. The van der Waals surface area contributed by atoms with E-state index in [4.69, 9.17) is 4.98 Å². The van der Waals surface area contributed by atoms with Gasteiger partial charge in [-0.2, -0.15) is 0 Å². The minimum absolute atomic E-state index is 0.0705. The maximum Gasteiger partial charge on any atom is 0.130 e. The number of anilines is 1. The van der Waals surface area contributed by atoms with Crippen LogP contribution in [0.2, 0.25) is 0 Å². The van der Waals surface area contributed by atoms with E-state index < -0.39 is 0 Å². The van der Waals surface area contributed by atoms with Gasteiger partial charge in [0.15, 0.2) is 0 Å². The number of nitrogens with one attached hydrogen (secondary N) is 1. The molecular weight excluding hydrogens is 324 g/mol. The molecule has 1 heterocycles. The molecule has 0 spiro atoms. The van der Waals surface area contributed by atoms with Gasteiger partial charge >= 0.3 is 0 Å². The molecule has 0 unspecified atom stereocenters. The monoisotopic (exact) mass is 348 g/mol. The lowest BCUT2D eigenvalue weighted by molar-refractivity contribution is 0.590. The predicted octanol–water partition coefficient (Wildman–Crippen LogP) is 5.73. The van der Waals surface area contributed by atoms with Crippen LogP contribution in [0.5, 0.6) is 0 Å². The summed E-state index contributed by atoms with van der Waals surface area (Å²) in [7, 11) is 0. The van der Waals surface area contributed by atoms with E-state index in [9.17, 15) is 0 Å². The van der Waals surface area contributed by atoms with Gasteiger partial charge in [-0.3, -0.25) is 0 Å². The fourth-order valence-electron chi connectivity index (χ4n) is 2.57. The summed E-state index contributed by atoms with van der Waals surface area (Å²) in [6, 6.07) is 4.47. The Labute approximate surface area is 136 Å². The molecule has 0 aliphatic rings. The van der Waals surface area contributed by atoms with Crippen molar-refractivity contribution in [2.75, 3.05) is 11.9 Å². The van der Waals surface area contributed by atoms with Crippen LogP contribution < -0.4 is 5.32 Å². The molecule has 2 nitrogen and oxygen atoms in total. The highest BCUT2D eigenvalue weighted by molar-refractivity contribution is 9.10. The summed E-state index contributed by atoms with van der Waals surface area (Å²) >= 11 is 3.69. The molecule has 1 aromatic heterocycles. The molecule has 0 aliphatic heterocycles. The van der Waals surface area contributed by atoms with E-state index in [1.807, 2.05) is 0 Å². The van der Waals surface area contributed by atoms with Crippen LogP contribution >= 0.6 is 15.9 Å². The number of pyridine rings is 1. The third-order valence-electron chi connectivity index (χ3n) is 3.84. The van der Waals surface area contributed by atoms with Gasteiger partial charge in [0.25, 0.3) is 0 Å². The van der Waals surface area contributed by atoms with Crippen molar-refractivity contribution in [3.63, 3.8) is 0 Å². The maximum absolute atomic E-state index is 4.91. The number of hydrogen-bond donors (Lipinski definition) is 1. The van der Waals surface area contributed by atoms with Gasteiger partial charge in [-0.15, -0.1) is 0 Å². The molecule has 0 saturated heterocycles. The molecule has 114 valence electrons. The zero-order valence-corrected chi connectivity index (χ0v) is 15.5. The SMILES string of the molecule is CCCNc1nc2cc(C)c(Br)c(C)c2cc1C(C)(C)C. The van der Waals surface area contributed by atoms with E-state index >= 15 is 0 Å². The Morgan fingerprint density at radius 3 is 2.43 bits per heavy atom. The molecule has 0 radical (unpaired) electrons. The Balaban J connectivity index is 2.74. The molecule has 3 heteroatoms. The Hall–Kier alpha value is -1.09. The Morgan fingerprint density at radius 2 is 1.86 bits per heavy atom. The maximum atomic E-state index is 4.91. The first-order chi connectivity index (χ1) is 9.75. The van der Waals surface area contributed by atoms with E-state index in [0.29, 0.717) is 0 Å². The average molecular weight is 349 g/mol. The van der Waals surface area contributed by atoms with Crippen molar-refractivity contribution in [3.8, 4) is 0 Å². The second kappa shape index (κ2) is 5.96. The number of halogens is 1. The van der Waals surface area contributed by atoms with Gasteiger partial charge in [0, 0.05) is 22.0 Å². The summed E-state index contributed by atoms with van der Waals surface area (Å²) in [5, 5.41) is 4.73. The molecule has 0 amide bonds. The van der Waals surface area contributed by atoms with Crippen LogP contribution in [0.3, 0.4) is 0 Å². The van der Waals surface area contributed by atoms with Gasteiger partial charge in [0.1, 0.15) is 5.82 Å². The number of aryl methyl sites for hydroxylation is 2. The minimum Gasteiger partial charge on any atom is -0.370 e. The topological polar surface area (TPSA) is 24.9 Å². The smallest absolute Gasteiger partial charge is 0.130 e. The first-order valence-electron chi connectivity index (χ1n) is 7.60. The largest absolute Gasteiger partial charge is 0.370 e. The molecule has 1 aromatic carbocycles. The van der Waals surface area contributed by atoms with E-state index in [-0.39, 0.29) is 5.41 Å². The highest BCUT2D eigenvalue weighted by atomic mass is 79.9. The average Bonchev–Trinajstić information content (AvgIpc) is 2.40. The highest BCUT2D eigenvalue weighted by Gasteiger charge is 2.21. The highest BCUT2D eigenvalue weighted by Crippen LogP contribution is 2.35. The molecule has 0 aliphatic carbocycles. The Bertz CT molecular complexity index is 669. The molecule has 0 saturated carbocycles. The van der Waals surface area contributed by atoms with Crippen molar-refractivity contribution in [1.82, 2.24) is 4.98 Å². The van der Waals surface area contributed by atoms with Crippen molar-refractivity contribution >= 4 is 32.7 Å². The minimum atomic E-state index is 0.0705. The third kappa shape index (κ3) is 3.23. The van der Waals surface area contributed by atoms with Crippen LogP contribution in [-0.4, -0.2) is 11.5 Å². The standard InChI is InChI=1S/C18H25BrN2/c1-7-8-20-17-14(18(4,5)6)10-13-12(3)16(19)11(2)9-15(13)21-17/h9-10H,7-8H2,1-6H3,(H,20,21). The van der Waals surface area contributed by atoms with Crippen molar-refractivity contribution in [2.24, 2.45) is 0 Å². The van der Waals surface area contributed by atoms with Crippen LogP contribution in [0.25, 0.3) is 10.9 Å². The lowest BCUT2D eigenvalue weighted by Gasteiger charge is -2.24. The Kier molecular flexibility index (Phi) is 4.62. The molecule has 2 aromatic rings. The van der Waals surface area contributed by atoms with Crippen LogP contribution in [-0.2, 0) is 5.41 Å². The van der Waals surface area contributed by atoms with Crippen LogP contribution in [0.1, 0.15) is 50.8 Å². The van der Waals surface area contributed by atoms with Crippen molar-refractivity contribution in [1.29, 1.82) is 0 Å². The molecule has 1 N–H and O–H groups in total. The van der Waals surface area contributed by atoms with Gasteiger partial charge in [0.05, 0.1) is 5.52 Å². The quantitative estimate of drug-likeness (QED) is 0.765. The van der Waals surface area contributed by atoms with Crippen molar-refractivity contribution in [3.05, 3.63) is 33.3 Å². The first-order valence-corrected chi connectivity index (χ1v) is 8.39. The second-order valence-corrected chi connectivity index (χ2v) is 7.55. The van der Waals surface area contributed by atoms with Crippen LogP contribution in [0.4, 0.5) is 5.82 Å². The molecule has 21 heavy (non-hydrogen) atoms. The number of rotatable bonds is 3. The first kappa shape index (κ1) is 16.3. The van der Waals surface area contributed by atoms with Crippen molar-refractivity contribution < 1.29 is 0 Å². The molecule has 0 atom stereocenters. The van der Waals surface area contributed by atoms with E-state index in [0.717, 1.165) is 24.3 Å². The van der Waals surface area contributed by atoms with Gasteiger partial charge in [-0.05, 0) is 48.9 Å². The van der Waals surface area contributed by atoms with E-state index in [1.54, 1.807) is 0 Å². The number of aromatic nitrogens is 1. The molecule has 0 bridgehead atoms. The van der Waals surface area contributed by atoms with Crippen molar-refractivity contribution in [2.45, 2.75) is 53.4 Å². The summed E-state index contributed by atoms with van der Waals surface area (Å²) in [6.07, 6.45) is 1.10. The summed E-state index contributed by atoms with van der Waals surface area (Å²) in [5.74, 6) is 1.03. The molecule has 0 fully saturated rings. The summed E-state index contributed by atoms with van der Waals surface area (Å²) in [4.78, 5) is 4.91. The van der Waals surface area contributed by atoms with Crippen LogP contribution in [0, 0.1) is 13.8 Å². The van der Waals surface area contributed by atoms with Gasteiger partial charge in [-0.1, -0.05) is 43.6 Å².